The molecule has 3 rings (SSSR count). The van der Waals surface area contributed by atoms with Crippen molar-refractivity contribution in [2.45, 2.75) is 58.5 Å². The summed E-state index contributed by atoms with van der Waals surface area (Å²) in [5, 5.41) is 3.14. The molecule has 0 bridgehead atoms. The number of ketones is 1. The third-order valence-electron chi connectivity index (χ3n) is 5.41. The highest BCUT2D eigenvalue weighted by atomic mass is 16.5. The number of hydrogen-bond donors (Lipinski definition) is 1. The molecule has 5 heteroatoms. The molecular weight excluding hydrogens is 340 g/mol. The minimum absolute atomic E-state index is 0.0384. The quantitative estimate of drug-likeness (QED) is 0.748. The molecule has 1 fully saturated rings. The molecule has 0 spiro atoms. The molecule has 5 nitrogen and oxygen atoms in total. The molecule has 1 amide bonds. The minimum Gasteiger partial charge on any atom is -0.497 e. The molecule has 1 aliphatic rings. The smallest absolute Gasteiger partial charge is 0.222 e. The number of Topliss-reactive ketones (excluding diaryl/α,β-unsaturated/α-hetero) is 1. The van der Waals surface area contributed by atoms with Crippen LogP contribution in [0.3, 0.4) is 0 Å². The summed E-state index contributed by atoms with van der Waals surface area (Å²) in [5.41, 5.74) is 3.57. The maximum Gasteiger partial charge on any atom is 0.222 e. The number of nitrogens with one attached hydrogen (secondary N) is 1. The molecular formula is C22H28N2O3. The molecule has 1 saturated carbocycles. The van der Waals surface area contributed by atoms with Gasteiger partial charge >= 0.3 is 0 Å². The van der Waals surface area contributed by atoms with E-state index in [1.807, 2.05) is 37.3 Å². The lowest BCUT2D eigenvalue weighted by atomic mass is 10.1. The van der Waals surface area contributed by atoms with Gasteiger partial charge < -0.3 is 14.6 Å². The van der Waals surface area contributed by atoms with Crippen LogP contribution in [0.4, 0.5) is 0 Å². The van der Waals surface area contributed by atoms with Gasteiger partial charge in [0.25, 0.3) is 0 Å². The third-order valence-corrected chi connectivity index (χ3v) is 5.41. The summed E-state index contributed by atoms with van der Waals surface area (Å²) < 4.78 is 7.31. The van der Waals surface area contributed by atoms with Crippen molar-refractivity contribution < 1.29 is 14.3 Å². The highest BCUT2D eigenvalue weighted by molar-refractivity contribution is 5.96. The average molecular weight is 368 g/mol. The second kappa shape index (κ2) is 8.42. The Balaban J connectivity index is 1.81. The van der Waals surface area contributed by atoms with Crippen LogP contribution in [0.25, 0.3) is 11.3 Å². The summed E-state index contributed by atoms with van der Waals surface area (Å²) in [6.45, 7) is 4.08. The maximum absolute atomic E-state index is 12.3. The first-order valence-electron chi connectivity index (χ1n) is 9.64. The number of aromatic nitrogens is 1. The zero-order chi connectivity index (χ0) is 19.4. The molecule has 27 heavy (non-hydrogen) atoms. The van der Waals surface area contributed by atoms with Crippen molar-refractivity contribution >= 4 is 11.7 Å². The zero-order valence-corrected chi connectivity index (χ0v) is 16.4. The zero-order valence-electron chi connectivity index (χ0n) is 16.4. The molecule has 0 atom stereocenters. The van der Waals surface area contributed by atoms with E-state index in [9.17, 15) is 9.59 Å². The molecule has 1 N–H and O–H groups in total. The Morgan fingerprint density at radius 1 is 1.19 bits per heavy atom. The summed E-state index contributed by atoms with van der Waals surface area (Å²) in [4.78, 5) is 24.4. The Bertz CT molecular complexity index is 815. The second-order valence-corrected chi connectivity index (χ2v) is 7.26. The number of hydrogen-bond acceptors (Lipinski definition) is 3. The van der Waals surface area contributed by atoms with E-state index in [1.54, 1.807) is 14.0 Å². The normalized spacial score (nSPS) is 14.3. The molecule has 2 aromatic rings. The van der Waals surface area contributed by atoms with E-state index in [-0.39, 0.29) is 11.7 Å². The summed E-state index contributed by atoms with van der Waals surface area (Å²) in [7, 11) is 1.64. The molecule has 144 valence electrons. The van der Waals surface area contributed by atoms with Crippen molar-refractivity contribution in [2.75, 3.05) is 7.11 Å². The Hall–Kier alpha value is -2.56. The van der Waals surface area contributed by atoms with Crippen LogP contribution in [0.2, 0.25) is 0 Å². The van der Waals surface area contributed by atoms with Crippen LogP contribution in [-0.2, 0) is 11.3 Å². The molecule has 1 aromatic heterocycles. The summed E-state index contributed by atoms with van der Waals surface area (Å²) in [5.74, 6) is 0.910. The van der Waals surface area contributed by atoms with Crippen molar-refractivity contribution in [3.05, 3.63) is 41.6 Å². The maximum atomic E-state index is 12.3. The van der Waals surface area contributed by atoms with E-state index in [4.69, 9.17) is 4.74 Å². The van der Waals surface area contributed by atoms with Gasteiger partial charge in [-0.3, -0.25) is 9.59 Å². The fourth-order valence-corrected chi connectivity index (χ4v) is 3.87. The fourth-order valence-electron chi connectivity index (χ4n) is 3.87. The lowest BCUT2D eigenvalue weighted by molar-refractivity contribution is -0.122. The van der Waals surface area contributed by atoms with E-state index < -0.39 is 0 Å². The minimum atomic E-state index is 0.0384. The van der Waals surface area contributed by atoms with Crippen LogP contribution < -0.4 is 10.1 Å². The largest absolute Gasteiger partial charge is 0.497 e. The fraction of sp³-hybridized carbons (Fsp3) is 0.455. The Kier molecular flexibility index (Phi) is 5.99. The third kappa shape index (κ3) is 4.41. The number of carbonyl (C=O) groups excluding carboxylic acids is 2. The molecule has 1 heterocycles. The monoisotopic (exact) mass is 368 g/mol. The molecule has 0 unspecified atom stereocenters. The number of benzene rings is 1. The first-order valence-corrected chi connectivity index (χ1v) is 9.64. The summed E-state index contributed by atoms with van der Waals surface area (Å²) in [6, 6.07) is 10.0. The predicted octanol–water partition coefficient (Wildman–Crippen LogP) is 4.12. The van der Waals surface area contributed by atoms with Crippen molar-refractivity contribution in [1.29, 1.82) is 0 Å². The Labute approximate surface area is 160 Å². The molecule has 1 aliphatic carbocycles. The summed E-state index contributed by atoms with van der Waals surface area (Å²) in [6.07, 6.45) is 4.97. The van der Waals surface area contributed by atoms with Gasteiger partial charge in [-0.15, -0.1) is 0 Å². The number of carbonyl (C=O) groups is 2. The second-order valence-electron chi connectivity index (χ2n) is 7.26. The SMILES string of the molecule is COc1ccc(-c2cc(C(C)=O)c(C)n2CCC(=O)NC2CCCC2)cc1. The topological polar surface area (TPSA) is 60.3 Å². The van der Waals surface area contributed by atoms with Gasteiger partial charge in [0, 0.05) is 36.0 Å². The van der Waals surface area contributed by atoms with Gasteiger partial charge in [-0.1, -0.05) is 12.8 Å². The van der Waals surface area contributed by atoms with E-state index >= 15 is 0 Å². The van der Waals surface area contributed by atoms with Crippen molar-refractivity contribution in [3.63, 3.8) is 0 Å². The Morgan fingerprint density at radius 3 is 2.44 bits per heavy atom. The number of methoxy groups -OCH3 is 1. The number of rotatable bonds is 7. The van der Waals surface area contributed by atoms with E-state index in [0.29, 0.717) is 24.6 Å². The molecule has 0 saturated heterocycles. The highest BCUT2D eigenvalue weighted by Gasteiger charge is 2.19. The molecule has 0 aliphatic heterocycles. The van der Waals surface area contributed by atoms with Crippen LogP contribution in [0.1, 0.15) is 55.1 Å². The van der Waals surface area contributed by atoms with Crippen LogP contribution in [0, 0.1) is 6.92 Å². The lowest BCUT2D eigenvalue weighted by Gasteiger charge is -2.15. The number of amides is 1. The van der Waals surface area contributed by atoms with Crippen molar-refractivity contribution in [2.24, 2.45) is 0 Å². The average Bonchev–Trinajstić information content (AvgIpc) is 3.28. The number of ether oxygens (including phenoxy) is 1. The van der Waals surface area contributed by atoms with Crippen LogP contribution in [0.5, 0.6) is 5.75 Å². The van der Waals surface area contributed by atoms with Crippen molar-refractivity contribution in [3.8, 4) is 17.0 Å². The van der Waals surface area contributed by atoms with E-state index in [1.165, 1.54) is 12.8 Å². The van der Waals surface area contributed by atoms with Crippen LogP contribution in [0.15, 0.2) is 30.3 Å². The molecule has 0 radical (unpaired) electrons. The lowest BCUT2D eigenvalue weighted by Crippen LogP contribution is -2.33. The van der Waals surface area contributed by atoms with Crippen LogP contribution in [-0.4, -0.2) is 29.4 Å². The number of nitrogens with zero attached hydrogens (tertiary/aromatic N) is 1. The van der Waals surface area contributed by atoms with Gasteiger partial charge in [0.05, 0.1) is 7.11 Å². The van der Waals surface area contributed by atoms with Gasteiger partial charge in [-0.25, -0.2) is 0 Å². The van der Waals surface area contributed by atoms with Gasteiger partial charge in [0.1, 0.15) is 5.75 Å². The first kappa shape index (κ1) is 19.2. The van der Waals surface area contributed by atoms with Gasteiger partial charge in [0.15, 0.2) is 5.78 Å². The summed E-state index contributed by atoms with van der Waals surface area (Å²) >= 11 is 0. The standard InChI is InChI=1S/C22H28N2O3/c1-15-20(16(2)25)14-21(17-8-10-19(27-3)11-9-17)24(15)13-12-22(26)23-18-6-4-5-7-18/h8-11,14,18H,4-7,12-13H2,1-3H3,(H,23,26). The van der Waals surface area contributed by atoms with Gasteiger partial charge in [0.2, 0.25) is 5.91 Å². The van der Waals surface area contributed by atoms with Gasteiger partial charge in [-0.05, 0) is 62.6 Å². The first-order chi connectivity index (χ1) is 13.0. The van der Waals surface area contributed by atoms with Crippen molar-refractivity contribution in [1.82, 2.24) is 9.88 Å². The van der Waals surface area contributed by atoms with E-state index in [2.05, 4.69) is 9.88 Å². The Morgan fingerprint density at radius 2 is 1.85 bits per heavy atom. The molecule has 1 aromatic carbocycles. The highest BCUT2D eigenvalue weighted by Crippen LogP contribution is 2.28. The predicted molar refractivity (Wildman–Crippen MR) is 106 cm³/mol. The van der Waals surface area contributed by atoms with E-state index in [0.717, 1.165) is 35.5 Å². The van der Waals surface area contributed by atoms with Gasteiger partial charge in [-0.2, -0.15) is 0 Å². The van der Waals surface area contributed by atoms with Crippen LogP contribution >= 0.6 is 0 Å².